The number of ether oxygens (including phenoxy) is 1. The summed E-state index contributed by atoms with van der Waals surface area (Å²) in [6.07, 6.45) is 5.80. The smallest absolute Gasteiger partial charge is 0.227 e. The number of aryl methyl sites for hydroxylation is 1. The molecule has 31 heavy (non-hydrogen) atoms. The lowest BCUT2D eigenvalue weighted by molar-refractivity contribution is -0.121. The van der Waals surface area contributed by atoms with E-state index in [2.05, 4.69) is 25.4 Å². The summed E-state index contributed by atoms with van der Waals surface area (Å²) in [5, 5.41) is 6.80. The van der Waals surface area contributed by atoms with Gasteiger partial charge in [0.2, 0.25) is 17.6 Å². The quantitative estimate of drug-likeness (QED) is 0.447. The summed E-state index contributed by atoms with van der Waals surface area (Å²) in [7, 11) is 0. The fourth-order valence-electron chi connectivity index (χ4n) is 2.82. The summed E-state index contributed by atoms with van der Waals surface area (Å²) in [6.45, 7) is 0.895. The molecule has 4 rings (SSSR count). The normalized spacial score (nSPS) is 10.6. The third-order valence-electron chi connectivity index (χ3n) is 4.47. The van der Waals surface area contributed by atoms with E-state index in [9.17, 15) is 4.79 Å². The van der Waals surface area contributed by atoms with Gasteiger partial charge >= 0.3 is 0 Å². The molecular weight excluding hydrogens is 394 g/mol. The second-order valence-electron chi connectivity index (χ2n) is 6.80. The predicted octanol–water partition coefficient (Wildman–Crippen LogP) is 3.35. The van der Waals surface area contributed by atoms with Crippen LogP contribution in [-0.2, 0) is 24.4 Å². The maximum Gasteiger partial charge on any atom is 0.227 e. The van der Waals surface area contributed by atoms with E-state index in [0.29, 0.717) is 37.0 Å². The number of carbonyl (C=O) groups excluding carboxylic acids is 1. The predicted molar refractivity (Wildman–Crippen MR) is 113 cm³/mol. The Morgan fingerprint density at radius 2 is 1.90 bits per heavy atom. The minimum atomic E-state index is -0.0884. The molecule has 1 aromatic carbocycles. The van der Waals surface area contributed by atoms with E-state index in [1.54, 1.807) is 24.7 Å². The molecule has 0 spiro atoms. The Balaban J connectivity index is 1.20. The summed E-state index contributed by atoms with van der Waals surface area (Å²) in [6, 6.07) is 16.9. The standard InChI is InChI=1S/C23H21N5O3/c29-21(10-11-22-27-23(28-31-22)20-5-1-2-13-25-20)26-15-17-6-8-19(9-7-17)30-16-18-4-3-12-24-14-18/h1-9,12-14H,10-11,15-16H2,(H,26,29). The summed E-state index contributed by atoms with van der Waals surface area (Å²) in [4.78, 5) is 24.7. The first-order chi connectivity index (χ1) is 15.3. The molecule has 8 nitrogen and oxygen atoms in total. The number of nitrogens with zero attached hydrogens (tertiary/aromatic N) is 4. The Bertz CT molecular complexity index is 1100. The summed E-state index contributed by atoms with van der Waals surface area (Å²) < 4.78 is 10.9. The van der Waals surface area contributed by atoms with Crippen molar-refractivity contribution in [3.05, 3.63) is 90.2 Å². The van der Waals surface area contributed by atoms with Crippen molar-refractivity contribution in [3.63, 3.8) is 0 Å². The van der Waals surface area contributed by atoms with Gasteiger partial charge in [-0.15, -0.1) is 0 Å². The van der Waals surface area contributed by atoms with Crippen LogP contribution in [0, 0.1) is 0 Å². The minimum Gasteiger partial charge on any atom is -0.489 e. The Kier molecular flexibility index (Phi) is 6.59. The Morgan fingerprint density at radius 3 is 2.68 bits per heavy atom. The van der Waals surface area contributed by atoms with E-state index in [0.717, 1.165) is 16.9 Å². The number of pyridine rings is 2. The molecule has 0 bridgehead atoms. The number of hydrogen-bond donors (Lipinski definition) is 1. The van der Waals surface area contributed by atoms with Crippen molar-refractivity contribution in [1.82, 2.24) is 25.4 Å². The van der Waals surface area contributed by atoms with Crippen LogP contribution in [0.2, 0.25) is 0 Å². The van der Waals surface area contributed by atoms with Gasteiger partial charge in [0.1, 0.15) is 18.1 Å². The summed E-state index contributed by atoms with van der Waals surface area (Å²) in [5.74, 6) is 1.50. The molecule has 156 valence electrons. The van der Waals surface area contributed by atoms with E-state index in [-0.39, 0.29) is 12.3 Å². The zero-order valence-electron chi connectivity index (χ0n) is 16.8. The maximum absolute atomic E-state index is 12.1. The minimum absolute atomic E-state index is 0.0884. The largest absolute Gasteiger partial charge is 0.489 e. The van der Waals surface area contributed by atoms with Gasteiger partial charge in [-0.1, -0.05) is 29.4 Å². The molecule has 4 aromatic rings. The molecule has 0 aliphatic carbocycles. The molecule has 3 aromatic heterocycles. The van der Waals surface area contributed by atoms with Crippen LogP contribution in [0.25, 0.3) is 11.5 Å². The molecule has 0 radical (unpaired) electrons. The van der Waals surface area contributed by atoms with Crippen LogP contribution >= 0.6 is 0 Å². The van der Waals surface area contributed by atoms with E-state index >= 15 is 0 Å². The highest BCUT2D eigenvalue weighted by atomic mass is 16.5. The molecule has 0 unspecified atom stereocenters. The second-order valence-corrected chi connectivity index (χ2v) is 6.80. The molecule has 0 aliphatic heterocycles. The number of amides is 1. The maximum atomic E-state index is 12.1. The molecule has 0 aliphatic rings. The number of hydrogen-bond acceptors (Lipinski definition) is 7. The second kappa shape index (κ2) is 10.1. The van der Waals surface area contributed by atoms with Crippen LogP contribution in [0.3, 0.4) is 0 Å². The van der Waals surface area contributed by atoms with E-state index in [4.69, 9.17) is 9.26 Å². The van der Waals surface area contributed by atoms with Gasteiger partial charge in [0.15, 0.2) is 0 Å². The van der Waals surface area contributed by atoms with E-state index in [1.165, 1.54) is 0 Å². The first kappa shape index (κ1) is 20.2. The number of rotatable bonds is 9. The molecule has 1 amide bonds. The molecule has 0 fully saturated rings. The van der Waals surface area contributed by atoms with Crippen molar-refractivity contribution in [2.24, 2.45) is 0 Å². The van der Waals surface area contributed by atoms with Crippen molar-refractivity contribution in [3.8, 4) is 17.3 Å². The first-order valence-electron chi connectivity index (χ1n) is 9.87. The van der Waals surface area contributed by atoms with Crippen molar-refractivity contribution in [2.45, 2.75) is 26.0 Å². The van der Waals surface area contributed by atoms with Crippen LogP contribution < -0.4 is 10.1 Å². The average molecular weight is 415 g/mol. The fourth-order valence-corrected chi connectivity index (χ4v) is 2.82. The topological polar surface area (TPSA) is 103 Å². The van der Waals surface area contributed by atoms with Crippen LogP contribution in [0.1, 0.15) is 23.4 Å². The summed E-state index contributed by atoms with van der Waals surface area (Å²) in [5.41, 5.74) is 2.62. The molecule has 3 heterocycles. The van der Waals surface area contributed by atoms with Gasteiger partial charge in [-0.2, -0.15) is 4.98 Å². The molecular formula is C23H21N5O3. The monoisotopic (exact) mass is 415 g/mol. The lowest BCUT2D eigenvalue weighted by atomic mass is 10.2. The number of nitrogens with one attached hydrogen (secondary N) is 1. The van der Waals surface area contributed by atoms with Crippen molar-refractivity contribution >= 4 is 5.91 Å². The van der Waals surface area contributed by atoms with Gasteiger partial charge in [-0.3, -0.25) is 14.8 Å². The van der Waals surface area contributed by atoms with Gasteiger partial charge in [0, 0.05) is 43.5 Å². The van der Waals surface area contributed by atoms with E-state index in [1.807, 2.05) is 48.5 Å². The fraction of sp³-hybridized carbons (Fsp3) is 0.174. The molecule has 0 saturated carbocycles. The SMILES string of the molecule is O=C(CCc1nc(-c2ccccn2)no1)NCc1ccc(OCc2cccnc2)cc1. The van der Waals surface area contributed by atoms with Gasteiger partial charge in [0.05, 0.1) is 0 Å². The van der Waals surface area contributed by atoms with Gasteiger partial charge < -0.3 is 14.6 Å². The van der Waals surface area contributed by atoms with Crippen LogP contribution in [0.15, 0.2) is 77.7 Å². The van der Waals surface area contributed by atoms with Crippen LogP contribution in [0.4, 0.5) is 0 Å². The van der Waals surface area contributed by atoms with Crippen molar-refractivity contribution in [1.29, 1.82) is 0 Å². The molecule has 1 N–H and O–H groups in total. The number of aromatic nitrogens is 4. The van der Waals surface area contributed by atoms with Gasteiger partial charge in [0.25, 0.3) is 0 Å². The summed E-state index contributed by atoms with van der Waals surface area (Å²) >= 11 is 0. The van der Waals surface area contributed by atoms with Crippen molar-refractivity contribution in [2.75, 3.05) is 0 Å². The highest BCUT2D eigenvalue weighted by molar-refractivity contribution is 5.76. The molecule has 0 saturated heterocycles. The lowest BCUT2D eigenvalue weighted by Gasteiger charge is -2.08. The van der Waals surface area contributed by atoms with Crippen LogP contribution in [-0.4, -0.2) is 26.0 Å². The van der Waals surface area contributed by atoms with Crippen LogP contribution in [0.5, 0.6) is 5.75 Å². The zero-order chi connectivity index (χ0) is 21.3. The van der Waals surface area contributed by atoms with Gasteiger partial charge in [-0.05, 0) is 35.9 Å². The molecule has 0 atom stereocenters. The number of carbonyl (C=O) groups is 1. The van der Waals surface area contributed by atoms with Crippen molar-refractivity contribution < 1.29 is 14.1 Å². The average Bonchev–Trinajstić information content (AvgIpc) is 3.31. The highest BCUT2D eigenvalue weighted by Gasteiger charge is 2.11. The lowest BCUT2D eigenvalue weighted by Crippen LogP contribution is -2.23. The first-order valence-corrected chi connectivity index (χ1v) is 9.87. The Morgan fingerprint density at radius 1 is 1.00 bits per heavy atom. The molecule has 8 heteroatoms. The Hall–Kier alpha value is -4.07. The third-order valence-corrected chi connectivity index (χ3v) is 4.47. The van der Waals surface area contributed by atoms with E-state index < -0.39 is 0 Å². The highest BCUT2D eigenvalue weighted by Crippen LogP contribution is 2.15. The zero-order valence-corrected chi connectivity index (χ0v) is 16.8. The Labute approximate surface area is 179 Å². The third kappa shape index (κ3) is 5.96. The number of benzene rings is 1. The van der Waals surface area contributed by atoms with Gasteiger partial charge in [-0.25, -0.2) is 0 Å².